The van der Waals surface area contributed by atoms with Gasteiger partial charge in [-0.2, -0.15) is 0 Å². The van der Waals surface area contributed by atoms with Crippen LogP contribution in [0.1, 0.15) is 13.8 Å². The molecule has 0 fully saturated rings. The Morgan fingerprint density at radius 2 is 1.12 bits per heavy atom. The summed E-state index contributed by atoms with van der Waals surface area (Å²) in [6.07, 6.45) is -0.612. The molecule has 9 nitrogen and oxygen atoms in total. The third-order valence-corrected chi connectivity index (χ3v) is 2.66. The van der Waals surface area contributed by atoms with Crippen LogP contribution >= 0.6 is 0 Å². The number of ether oxygens (including phenoxy) is 6. The molecule has 26 heavy (non-hydrogen) atoms. The van der Waals surface area contributed by atoms with Gasteiger partial charge in [0.15, 0.2) is 0 Å². The van der Waals surface area contributed by atoms with Gasteiger partial charge in [-0.25, -0.2) is 0 Å². The lowest BCUT2D eigenvalue weighted by molar-refractivity contribution is -0.0177. The maximum Gasteiger partial charge on any atom is 0.0779 e. The predicted molar refractivity (Wildman–Crippen MR) is 96.4 cm³/mol. The number of aliphatic hydroxyl groups excluding tert-OH is 3. The smallest absolute Gasteiger partial charge is 0.0779 e. The van der Waals surface area contributed by atoms with E-state index < -0.39 is 6.10 Å². The summed E-state index contributed by atoms with van der Waals surface area (Å²) in [5.41, 5.74) is 0. The molecular formula is C17H38O9. The summed E-state index contributed by atoms with van der Waals surface area (Å²) >= 11 is 0. The van der Waals surface area contributed by atoms with E-state index in [2.05, 4.69) is 0 Å². The first-order chi connectivity index (χ1) is 12.6. The van der Waals surface area contributed by atoms with Crippen LogP contribution in [0.3, 0.4) is 0 Å². The SMILES string of the molecule is CC(O)COC(C)CO.COCCOCCOCCOCCOCCO. The summed E-state index contributed by atoms with van der Waals surface area (Å²) in [5.74, 6) is 0. The summed E-state index contributed by atoms with van der Waals surface area (Å²) < 4.78 is 30.5. The zero-order valence-corrected chi connectivity index (χ0v) is 16.4. The lowest BCUT2D eigenvalue weighted by Crippen LogP contribution is -2.19. The molecule has 0 saturated heterocycles. The van der Waals surface area contributed by atoms with Crippen LogP contribution in [0.15, 0.2) is 0 Å². The van der Waals surface area contributed by atoms with E-state index in [-0.39, 0.29) is 19.3 Å². The predicted octanol–water partition coefficient (Wildman–Crippen LogP) is -0.544. The van der Waals surface area contributed by atoms with Crippen molar-refractivity contribution < 1.29 is 43.7 Å². The Kier molecular flexibility index (Phi) is 26.4. The van der Waals surface area contributed by atoms with E-state index >= 15 is 0 Å². The normalized spacial score (nSPS) is 13.2. The van der Waals surface area contributed by atoms with E-state index in [9.17, 15) is 0 Å². The number of methoxy groups -OCH3 is 1. The first kappa shape index (κ1) is 27.9. The monoisotopic (exact) mass is 386 g/mol. The Balaban J connectivity index is 0. The molecule has 0 amide bonds. The van der Waals surface area contributed by atoms with Crippen molar-refractivity contribution in [3.8, 4) is 0 Å². The van der Waals surface area contributed by atoms with Crippen LogP contribution in [-0.2, 0) is 28.4 Å². The molecule has 2 unspecified atom stereocenters. The summed E-state index contributed by atoms with van der Waals surface area (Å²) in [4.78, 5) is 0. The summed E-state index contributed by atoms with van der Waals surface area (Å²) in [6, 6.07) is 0. The fraction of sp³-hybridized carbons (Fsp3) is 1.00. The molecule has 0 rings (SSSR count). The van der Waals surface area contributed by atoms with E-state index in [0.29, 0.717) is 66.1 Å². The van der Waals surface area contributed by atoms with Gasteiger partial charge in [0.05, 0.1) is 91.5 Å². The molecule has 9 heteroatoms. The third-order valence-electron chi connectivity index (χ3n) is 2.66. The molecule has 0 aromatic heterocycles. The first-order valence-electron chi connectivity index (χ1n) is 8.89. The van der Waals surface area contributed by atoms with Crippen LogP contribution < -0.4 is 0 Å². The minimum absolute atomic E-state index is 0.00667. The molecule has 0 heterocycles. The largest absolute Gasteiger partial charge is 0.394 e. The molecule has 0 spiro atoms. The van der Waals surface area contributed by atoms with Crippen molar-refractivity contribution in [3.63, 3.8) is 0 Å². The molecule has 2 atom stereocenters. The van der Waals surface area contributed by atoms with Gasteiger partial charge in [0, 0.05) is 7.11 Å². The Labute approximate surface area is 157 Å². The van der Waals surface area contributed by atoms with Crippen molar-refractivity contribution in [2.24, 2.45) is 0 Å². The van der Waals surface area contributed by atoms with Gasteiger partial charge in [-0.05, 0) is 13.8 Å². The number of hydrogen-bond acceptors (Lipinski definition) is 9. The molecule has 0 aromatic rings. The quantitative estimate of drug-likeness (QED) is 0.267. The highest BCUT2D eigenvalue weighted by Gasteiger charge is 2.00. The van der Waals surface area contributed by atoms with Gasteiger partial charge in [-0.1, -0.05) is 0 Å². The van der Waals surface area contributed by atoms with Crippen molar-refractivity contribution in [2.75, 3.05) is 86.4 Å². The zero-order chi connectivity index (χ0) is 19.9. The molecule has 0 aliphatic heterocycles. The number of aliphatic hydroxyl groups is 3. The van der Waals surface area contributed by atoms with Crippen molar-refractivity contribution >= 4 is 0 Å². The lowest BCUT2D eigenvalue weighted by atomic mass is 10.4. The van der Waals surface area contributed by atoms with Crippen molar-refractivity contribution in [3.05, 3.63) is 0 Å². The van der Waals surface area contributed by atoms with E-state index in [1.54, 1.807) is 21.0 Å². The average molecular weight is 386 g/mol. The maximum atomic E-state index is 8.69. The van der Waals surface area contributed by atoms with Crippen LogP contribution in [0.25, 0.3) is 0 Å². The van der Waals surface area contributed by atoms with Gasteiger partial charge in [-0.3, -0.25) is 0 Å². The van der Waals surface area contributed by atoms with E-state index in [4.69, 9.17) is 43.7 Å². The first-order valence-corrected chi connectivity index (χ1v) is 8.89. The fourth-order valence-electron chi connectivity index (χ4n) is 1.32. The van der Waals surface area contributed by atoms with Crippen molar-refractivity contribution in [1.82, 2.24) is 0 Å². The second kappa shape index (κ2) is 24.6. The topological polar surface area (TPSA) is 116 Å². The standard InChI is InChI=1S/C11H24O6.C6H14O3/c1-13-4-5-15-8-9-17-11-10-16-7-6-14-3-2-12;1-5(8)4-9-6(2)3-7/h12H,2-11H2,1H3;5-8H,3-4H2,1-2H3. The van der Waals surface area contributed by atoms with Crippen molar-refractivity contribution in [1.29, 1.82) is 0 Å². The lowest BCUT2D eigenvalue weighted by Gasteiger charge is -2.10. The molecule has 0 radical (unpaired) electrons. The van der Waals surface area contributed by atoms with Crippen LogP contribution in [0.5, 0.6) is 0 Å². The minimum atomic E-state index is -0.445. The van der Waals surface area contributed by atoms with Crippen LogP contribution in [-0.4, -0.2) is 114 Å². The molecule has 0 aliphatic rings. The third kappa shape index (κ3) is 28.4. The highest BCUT2D eigenvalue weighted by molar-refractivity contribution is 4.47. The van der Waals surface area contributed by atoms with Gasteiger partial charge in [0.2, 0.25) is 0 Å². The van der Waals surface area contributed by atoms with Gasteiger partial charge in [-0.15, -0.1) is 0 Å². The summed E-state index contributed by atoms with van der Waals surface area (Å²) in [6.45, 7) is 8.56. The van der Waals surface area contributed by atoms with Crippen LogP contribution in [0, 0.1) is 0 Å². The highest BCUT2D eigenvalue weighted by Crippen LogP contribution is 1.90. The Morgan fingerprint density at radius 3 is 1.46 bits per heavy atom. The second-order valence-corrected chi connectivity index (χ2v) is 5.34. The second-order valence-electron chi connectivity index (χ2n) is 5.34. The van der Waals surface area contributed by atoms with Crippen LogP contribution in [0.4, 0.5) is 0 Å². The van der Waals surface area contributed by atoms with Crippen molar-refractivity contribution in [2.45, 2.75) is 26.1 Å². The fourth-order valence-corrected chi connectivity index (χ4v) is 1.32. The number of hydrogen-bond donors (Lipinski definition) is 3. The van der Waals surface area contributed by atoms with Gasteiger partial charge < -0.3 is 43.7 Å². The Hall–Kier alpha value is -0.360. The Bertz CT molecular complexity index is 228. The molecule has 0 saturated carbocycles. The zero-order valence-electron chi connectivity index (χ0n) is 16.4. The summed E-state index contributed by atoms with van der Waals surface area (Å²) in [5, 5.41) is 25.6. The highest BCUT2D eigenvalue weighted by atomic mass is 16.6. The maximum absolute atomic E-state index is 8.69. The molecule has 0 aliphatic carbocycles. The Morgan fingerprint density at radius 1 is 0.692 bits per heavy atom. The van der Waals surface area contributed by atoms with Gasteiger partial charge in [0.25, 0.3) is 0 Å². The number of rotatable bonds is 18. The van der Waals surface area contributed by atoms with E-state index in [1.165, 1.54) is 0 Å². The minimum Gasteiger partial charge on any atom is -0.394 e. The molecular weight excluding hydrogens is 348 g/mol. The molecule has 160 valence electrons. The average Bonchev–Trinajstić information content (AvgIpc) is 2.64. The van der Waals surface area contributed by atoms with Crippen LogP contribution in [0.2, 0.25) is 0 Å². The molecule has 0 aromatic carbocycles. The van der Waals surface area contributed by atoms with E-state index in [0.717, 1.165) is 0 Å². The van der Waals surface area contributed by atoms with E-state index in [1.807, 2.05) is 0 Å². The molecule has 0 bridgehead atoms. The summed E-state index contributed by atoms with van der Waals surface area (Å²) in [7, 11) is 1.64. The van der Waals surface area contributed by atoms with Gasteiger partial charge in [0.1, 0.15) is 0 Å². The molecule has 3 N–H and O–H groups in total. The van der Waals surface area contributed by atoms with Gasteiger partial charge >= 0.3 is 0 Å².